The third-order valence-corrected chi connectivity index (χ3v) is 7.06. The number of halogens is 1. The first-order valence-electron chi connectivity index (χ1n) is 11.2. The highest BCUT2D eigenvalue weighted by Gasteiger charge is 2.24. The summed E-state index contributed by atoms with van der Waals surface area (Å²) in [4.78, 5) is 15.0. The molecule has 1 atom stereocenters. The first-order valence-corrected chi connectivity index (χ1v) is 12.1. The third kappa shape index (κ3) is 5.51. The van der Waals surface area contributed by atoms with Crippen molar-refractivity contribution in [3.63, 3.8) is 0 Å². The maximum Gasteiger partial charge on any atom is 0.411 e. The number of anilines is 2. The molecule has 1 amide bonds. The number of benzene rings is 2. The van der Waals surface area contributed by atoms with Gasteiger partial charge in [-0.2, -0.15) is 0 Å². The van der Waals surface area contributed by atoms with Gasteiger partial charge >= 0.3 is 6.09 Å². The molecule has 2 N–H and O–H groups in total. The Morgan fingerprint density at radius 3 is 2.91 bits per heavy atom. The van der Waals surface area contributed by atoms with Gasteiger partial charge in [-0.25, -0.2) is 4.79 Å². The number of methoxy groups -OCH3 is 1. The number of ether oxygens (including phenoxy) is 2. The van der Waals surface area contributed by atoms with Crippen LogP contribution in [0.1, 0.15) is 18.4 Å². The molecule has 0 aliphatic carbocycles. The molecule has 7 nitrogen and oxygen atoms in total. The fourth-order valence-electron chi connectivity index (χ4n) is 4.42. The van der Waals surface area contributed by atoms with E-state index in [4.69, 9.17) is 9.47 Å². The number of thiophene rings is 1. The Morgan fingerprint density at radius 2 is 2.15 bits per heavy atom. The van der Waals surface area contributed by atoms with Crippen LogP contribution in [0.2, 0.25) is 0 Å². The van der Waals surface area contributed by atoms with Gasteiger partial charge in [0.15, 0.2) is 11.5 Å². The first-order chi connectivity index (χ1) is 16.0. The first kappa shape index (κ1) is 25.9. The molecule has 0 radical (unpaired) electrons. The van der Waals surface area contributed by atoms with Crippen molar-refractivity contribution in [3.05, 3.63) is 47.3 Å². The van der Waals surface area contributed by atoms with Crippen LogP contribution in [0.25, 0.3) is 10.1 Å². The van der Waals surface area contributed by atoms with Crippen molar-refractivity contribution in [2.24, 2.45) is 0 Å². The molecule has 1 aliphatic rings. The lowest BCUT2D eigenvalue weighted by Gasteiger charge is -2.38. The van der Waals surface area contributed by atoms with Crippen molar-refractivity contribution in [1.82, 2.24) is 5.32 Å². The monoisotopic (exact) mass is 505 g/mol. The van der Waals surface area contributed by atoms with E-state index in [1.807, 2.05) is 6.92 Å². The third-order valence-electron chi connectivity index (χ3n) is 6.18. The summed E-state index contributed by atoms with van der Waals surface area (Å²) in [5.74, 6) is 1.21. The van der Waals surface area contributed by atoms with Gasteiger partial charge in [0.2, 0.25) is 0 Å². The Labute approximate surface area is 210 Å². The van der Waals surface area contributed by atoms with Crippen LogP contribution in [-0.2, 0) is 0 Å². The number of piperazine rings is 1. The molecule has 1 fully saturated rings. The molecule has 1 aromatic heterocycles. The van der Waals surface area contributed by atoms with Crippen molar-refractivity contribution in [2.45, 2.75) is 25.8 Å². The van der Waals surface area contributed by atoms with E-state index in [2.05, 4.69) is 39.9 Å². The highest BCUT2D eigenvalue weighted by molar-refractivity contribution is 7.17. The molecule has 2 aromatic carbocycles. The summed E-state index contributed by atoms with van der Waals surface area (Å²) in [6.45, 7) is 5.41. The van der Waals surface area contributed by atoms with Crippen LogP contribution in [0.5, 0.6) is 11.5 Å². The van der Waals surface area contributed by atoms with E-state index in [0.29, 0.717) is 29.8 Å². The number of fused-ring (bicyclic) bond motifs is 1. The number of hydrogen-bond donors (Lipinski definition) is 2. The smallest absolute Gasteiger partial charge is 0.411 e. The zero-order valence-corrected chi connectivity index (χ0v) is 21.4. The minimum absolute atomic E-state index is 0. The average molecular weight is 506 g/mol. The van der Waals surface area contributed by atoms with E-state index < -0.39 is 6.09 Å². The van der Waals surface area contributed by atoms with Gasteiger partial charge in [0, 0.05) is 54.6 Å². The van der Waals surface area contributed by atoms with E-state index in [-0.39, 0.29) is 12.4 Å². The van der Waals surface area contributed by atoms with Crippen LogP contribution in [0.15, 0.2) is 41.8 Å². The van der Waals surface area contributed by atoms with Gasteiger partial charge in [-0.1, -0.05) is 6.07 Å². The van der Waals surface area contributed by atoms with E-state index in [9.17, 15) is 9.90 Å². The van der Waals surface area contributed by atoms with E-state index in [1.165, 1.54) is 22.8 Å². The molecular formula is C25H32ClN3O4S. The molecule has 3 aromatic rings. The summed E-state index contributed by atoms with van der Waals surface area (Å²) in [6.07, 6.45) is 0.894. The second-order valence-electron chi connectivity index (χ2n) is 8.29. The number of carbonyl (C=O) groups is 1. The quantitative estimate of drug-likeness (QED) is 0.400. The van der Waals surface area contributed by atoms with Crippen LogP contribution in [0.3, 0.4) is 0 Å². The number of rotatable bonds is 8. The van der Waals surface area contributed by atoms with Gasteiger partial charge in [-0.15, -0.1) is 23.7 Å². The summed E-state index contributed by atoms with van der Waals surface area (Å²) in [5.41, 5.74) is 2.72. The molecule has 1 saturated heterocycles. The lowest BCUT2D eigenvalue weighted by molar-refractivity contribution is 0.203. The summed E-state index contributed by atoms with van der Waals surface area (Å²) < 4.78 is 12.9. The number of nitrogens with zero attached hydrogens (tertiary/aromatic N) is 2. The molecule has 1 aliphatic heterocycles. The van der Waals surface area contributed by atoms with Crippen LogP contribution < -0.4 is 24.6 Å². The highest BCUT2D eigenvalue weighted by atomic mass is 35.5. The lowest BCUT2D eigenvalue weighted by Crippen LogP contribution is -2.51. The maximum absolute atomic E-state index is 11.3. The van der Waals surface area contributed by atoms with Gasteiger partial charge in [0.05, 0.1) is 19.4 Å². The number of carboxylic acid groups (broad SMARTS) is 1. The van der Waals surface area contributed by atoms with Gasteiger partial charge in [0.1, 0.15) is 0 Å². The van der Waals surface area contributed by atoms with Crippen LogP contribution in [0, 0.1) is 6.92 Å². The fourth-order valence-corrected chi connectivity index (χ4v) is 5.23. The molecular weight excluding hydrogens is 474 g/mol. The Hall–Kier alpha value is -2.68. The Bertz CT molecular complexity index is 1120. The molecule has 0 spiro atoms. The number of nitrogens with one attached hydrogen (secondary N) is 1. The molecule has 2 heterocycles. The van der Waals surface area contributed by atoms with Gasteiger partial charge in [-0.3, -0.25) is 4.90 Å². The zero-order valence-electron chi connectivity index (χ0n) is 19.7. The zero-order chi connectivity index (χ0) is 23.4. The topological polar surface area (TPSA) is 74.3 Å². The second kappa shape index (κ2) is 11.6. The van der Waals surface area contributed by atoms with Crippen molar-refractivity contribution >= 4 is 51.3 Å². The van der Waals surface area contributed by atoms with Crippen molar-refractivity contribution < 1.29 is 19.4 Å². The molecule has 9 heteroatoms. The standard InChI is InChI=1S/C25H31N3O4S.ClH/c1-17-14-19(27(2)25(29)30)15-22(31-3)24(17)32-12-5-6-18-16-26-10-11-28(18)21-7-4-8-23-20(21)9-13-33-23;/h4,7-9,13-15,18,26H,5-6,10-12,16H2,1-3H3,(H,29,30);1H. The summed E-state index contributed by atoms with van der Waals surface area (Å²) in [6, 6.07) is 12.7. The number of amides is 1. The van der Waals surface area contributed by atoms with Crippen molar-refractivity contribution in [2.75, 3.05) is 50.2 Å². The predicted molar refractivity (Wildman–Crippen MR) is 142 cm³/mol. The molecule has 1 unspecified atom stereocenters. The van der Waals surface area contributed by atoms with Crippen molar-refractivity contribution in [1.29, 1.82) is 0 Å². The summed E-state index contributed by atoms with van der Waals surface area (Å²) >= 11 is 1.79. The van der Waals surface area contributed by atoms with Gasteiger partial charge < -0.3 is 24.8 Å². The highest BCUT2D eigenvalue weighted by Crippen LogP contribution is 2.36. The molecule has 0 bridgehead atoms. The van der Waals surface area contributed by atoms with Crippen molar-refractivity contribution in [3.8, 4) is 11.5 Å². The van der Waals surface area contributed by atoms with Crippen LogP contribution in [0.4, 0.5) is 16.2 Å². The largest absolute Gasteiger partial charge is 0.493 e. The number of aryl methyl sites for hydroxylation is 1. The Kier molecular flexibility index (Phi) is 8.88. The minimum atomic E-state index is -1.02. The average Bonchev–Trinajstić information content (AvgIpc) is 3.31. The van der Waals surface area contributed by atoms with Gasteiger partial charge in [-0.05, 0) is 55.0 Å². The Balaban J connectivity index is 0.00000324. The van der Waals surface area contributed by atoms with Gasteiger partial charge in [0.25, 0.3) is 0 Å². The summed E-state index contributed by atoms with van der Waals surface area (Å²) in [5, 5.41) is 16.3. The SMILES string of the molecule is COc1cc(N(C)C(=O)O)cc(C)c1OCCCC1CNCCN1c1cccc2sccc12.Cl. The summed E-state index contributed by atoms with van der Waals surface area (Å²) in [7, 11) is 3.08. The molecule has 0 saturated carbocycles. The maximum atomic E-state index is 11.3. The Morgan fingerprint density at radius 1 is 1.32 bits per heavy atom. The minimum Gasteiger partial charge on any atom is -0.493 e. The van der Waals surface area contributed by atoms with Crippen LogP contribution in [-0.4, -0.2) is 57.6 Å². The second-order valence-corrected chi connectivity index (χ2v) is 9.23. The predicted octanol–water partition coefficient (Wildman–Crippen LogP) is 5.39. The lowest BCUT2D eigenvalue weighted by atomic mass is 10.1. The van der Waals surface area contributed by atoms with E-state index >= 15 is 0 Å². The fraction of sp³-hybridized carbons (Fsp3) is 0.400. The van der Waals surface area contributed by atoms with Crippen LogP contribution >= 0.6 is 23.7 Å². The van der Waals surface area contributed by atoms with E-state index in [0.717, 1.165) is 42.9 Å². The molecule has 4 rings (SSSR count). The number of hydrogen-bond acceptors (Lipinski definition) is 6. The molecule has 184 valence electrons. The van der Waals surface area contributed by atoms with E-state index in [1.54, 1.807) is 30.6 Å². The molecule has 34 heavy (non-hydrogen) atoms. The normalized spacial score (nSPS) is 15.6.